The molecule has 0 spiro atoms. The Bertz CT molecular complexity index is 459. The van der Waals surface area contributed by atoms with Gasteiger partial charge in [-0.15, -0.1) is 0 Å². The van der Waals surface area contributed by atoms with Gasteiger partial charge in [-0.2, -0.15) is 0 Å². The number of urea groups is 1. The molecule has 0 aliphatic carbocycles. The molecule has 6 nitrogen and oxygen atoms in total. The lowest BCUT2D eigenvalue weighted by Gasteiger charge is -2.14. The van der Waals surface area contributed by atoms with E-state index in [0.29, 0.717) is 5.69 Å². The molecule has 104 valence electrons. The first-order valence-electron chi connectivity index (χ1n) is 5.60. The standard InChI is InChI=1S/C12H15BrN2O4/c1-7-4-8(13)6-9(5-7)14-12(19)15-10(2-3-16)11(17)18/h4-6,10,16H,2-3H2,1H3,(H,17,18)(H2,14,15,19)/t10-/m0/s1. The number of halogens is 1. The maximum Gasteiger partial charge on any atom is 0.326 e. The summed E-state index contributed by atoms with van der Waals surface area (Å²) < 4.78 is 0.813. The van der Waals surface area contributed by atoms with E-state index in [1.54, 1.807) is 12.1 Å². The van der Waals surface area contributed by atoms with E-state index in [2.05, 4.69) is 26.6 Å². The third-order valence-corrected chi connectivity index (χ3v) is 2.78. The summed E-state index contributed by atoms with van der Waals surface area (Å²) >= 11 is 3.30. The number of benzene rings is 1. The Morgan fingerprint density at radius 2 is 2.05 bits per heavy atom. The van der Waals surface area contributed by atoms with Crippen molar-refractivity contribution in [3.63, 3.8) is 0 Å². The Balaban J connectivity index is 2.66. The first-order valence-corrected chi connectivity index (χ1v) is 6.40. The van der Waals surface area contributed by atoms with Crippen LogP contribution in [0.25, 0.3) is 0 Å². The maximum absolute atomic E-state index is 11.6. The molecule has 0 heterocycles. The normalized spacial score (nSPS) is 11.7. The second-order valence-electron chi connectivity index (χ2n) is 4.02. The Labute approximate surface area is 118 Å². The number of carbonyl (C=O) groups is 2. The number of rotatable bonds is 5. The SMILES string of the molecule is Cc1cc(Br)cc(NC(=O)N[C@@H](CCO)C(=O)O)c1. The molecule has 0 bridgehead atoms. The quantitative estimate of drug-likeness (QED) is 0.660. The van der Waals surface area contributed by atoms with Crippen LogP contribution in [-0.2, 0) is 4.79 Å². The molecule has 0 fully saturated rings. The molecule has 0 saturated heterocycles. The molecule has 7 heteroatoms. The van der Waals surface area contributed by atoms with Crippen LogP contribution in [0.2, 0.25) is 0 Å². The number of aliphatic hydroxyl groups is 1. The van der Waals surface area contributed by atoms with Gasteiger partial charge in [0.25, 0.3) is 0 Å². The van der Waals surface area contributed by atoms with Gasteiger partial charge in [0, 0.05) is 23.2 Å². The van der Waals surface area contributed by atoms with Crippen LogP contribution in [0.5, 0.6) is 0 Å². The molecule has 0 aliphatic rings. The van der Waals surface area contributed by atoms with Crippen molar-refractivity contribution in [1.29, 1.82) is 0 Å². The highest BCUT2D eigenvalue weighted by Crippen LogP contribution is 2.18. The lowest BCUT2D eigenvalue weighted by Crippen LogP contribution is -2.43. The molecule has 2 amide bonds. The summed E-state index contributed by atoms with van der Waals surface area (Å²) in [5.74, 6) is -1.19. The van der Waals surface area contributed by atoms with Crippen LogP contribution in [0, 0.1) is 6.92 Å². The molecule has 0 unspecified atom stereocenters. The molecule has 0 aromatic heterocycles. The van der Waals surface area contributed by atoms with Crippen molar-refractivity contribution in [2.45, 2.75) is 19.4 Å². The Morgan fingerprint density at radius 1 is 1.37 bits per heavy atom. The van der Waals surface area contributed by atoms with Crippen molar-refractivity contribution in [2.24, 2.45) is 0 Å². The predicted molar refractivity (Wildman–Crippen MR) is 74.2 cm³/mol. The first kappa shape index (κ1) is 15.5. The molecule has 0 radical (unpaired) electrons. The van der Waals surface area contributed by atoms with Crippen molar-refractivity contribution < 1.29 is 19.8 Å². The monoisotopic (exact) mass is 330 g/mol. The van der Waals surface area contributed by atoms with Crippen LogP contribution in [0.4, 0.5) is 10.5 Å². The van der Waals surface area contributed by atoms with Gasteiger partial charge in [-0.05, 0) is 30.7 Å². The van der Waals surface area contributed by atoms with Crippen molar-refractivity contribution in [3.8, 4) is 0 Å². The number of hydrogen-bond donors (Lipinski definition) is 4. The molecule has 1 rings (SSSR count). The second-order valence-corrected chi connectivity index (χ2v) is 4.93. The van der Waals surface area contributed by atoms with Gasteiger partial charge < -0.3 is 20.8 Å². The maximum atomic E-state index is 11.6. The van der Waals surface area contributed by atoms with Gasteiger partial charge in [0.2, 0.25) is 0 Å². The van der Waals surface area contributed by atoms with E-state index < -0.39 is 18.0 Å². The number of hydrogen-bond acceptors (Lipinski definition) is 3. The number of nitrogens with one attached hydrogen (secondary N) is 2. The fraction of sp³-hybridized carbons (Fsp3) is 0.333. The van der Waals surface area contributed by atoms with Crippen molar-refractivity contribution in [1.82, 2.24) is 5.32 Å². The topological polar surface area (TPSA) is 98.7 Å². The molecule has 0 aliphatic heterocycles. The minimum absolute atomic E-state index is 0.0414. The lowest BCUT2D eigenvalue weighted by molar-refractivity contribution is -0.139. The van der Waals surface area contributed by atoms with Crippen molar-refractivity contribution >= 4 is 33.6 Å². The van der Waals surface area contributed by atoms with E-state index in [0.717, 1.165) is 10.0 Å². The number of amides is 2. The molecular weight excluding hydrogens is 316 g/mol. The molecule has 4 N–H and O–H groups in total. The summed E-state index contributed by atoms with van der Waals surface area (Å²) in [6.45, 7) is 1.56. The van der Waals surface area contributed by atoms with Gasteiger partial charge in [-0.3, -0.25) is 0 Å². The minimum Gasteiger partial charge on any atom is -0.480 e. The van der Waals surface area contributed by atoms with Gasteiger partial charge in [0.15, 0.2) is 0 Å². The number of carboxylic acid groups (broad SMARTS) is 1. The second kappa shape index (κ2) is 7.10. The number of aliphatic hydroxyl groups excluding tert-OH is 1. The first-order chi connectivity index (χ1) is 8.92. The Morgan fingerprint density at radius 3 is 2.58 bits per heavy atom. The van der Waals surface area contributed by atoms with E-state index in [1.165, 1.54) is 0 Å². The molecule has 19 heavy (non-hydrogen) atoms. The van der Waals surface area contributed by atoms with Crippen molar-refractivity contribution in [2.75, 3.05) is 11.9 Å². The fourth-order valence-corrected chi connectivity index (χ4v) is 2.13. The zero-order valence-electron chi connectivity index (χ0n) is 10.3. The van der Waals surface area contributed by atoms with Gasteiger partial charge in [-0.25, -0.2) is 9.59 Å². The summed E-state index contributed by atoms with van der Waals surface area (Å²) in [6, 6.07) is 3.60. The van der Waals surface area contributed by atoms with Gasteiger partial charge in [0.1, 0.15) is 6.04 Å². The third kappa shape index (κ3) is 5.27. The highest BCUT2D eigenvalue weighted by Gasteiger charge is 2.19. The summed E-state index contributed by atoms with van der Waals surface area (Å²) in [6.07, 6.45) is -0.0414. The van der Waals surface area contributed by atoms with Gasteiger partial charge in [-0.1, -0.05) is 15.9 Å². The Hall–Kier alpha value is -1.60. The van der Waals surface area contributed by atoms with Crippen LogP contribution >= 0.6 is 15.9 Å². The van der Waals surface area contributed by atoms with Crippen molar-refractivity contribution in [3.05, 3.63) is 28.2 Å². The molecule has 0 saturated carbocycles. The highest BCUT2D eigenvalue weighted by atomic mass is 79.9. The Kier molecular flexibility index (Phi) is 5.78. The summed E-state index contributed by atoms with van der Waals surface area (Å²) in [5.41, 5.74) is 1.51. The molecule has 1 aromatic rings. The minimum atomic E-state index is -1.19. The average molecular weight is 331 g/mol. The number of aliphatic carboxylic acids is 1. The van der Waals surface area contributed by atoms with Crippen LogP contribution in [-0.4, -0.2) is 34.9 Å². The van der Waals surface area contributed by atoms with Crippen LogP contribution < -0.4 is 10.6 Å². The predicted octanol–water partition coefficient (Wildman–Crippen LogP) is 1.71. The van der Waals surface area contributed by atoms with E-state index in [1.807, 2.05) is 13.0 Å². The van der Waals surface area contributed by atoms with E-state index in [-0.39, 0.29) is 13.0 Å². The summed E-state index contributed by atoms with van der Waals surface area (Å²) in [7, 11) is 0. The number of anilines is 1. The number of aryl methyl sites for hydroxylation is 1. The van der Waals surface area contributed by atoms with Crippen LogP contribution in [0.3, 0.4) is 0 Å². The number of carboxylic acids is 1. The summed E-state index contributed by atoms with van der Waals surface area (Å²) in [5, 5.41) is 22.4. The van der Waals surface area contributed by atoms with Crippen LogP contribution in [0.1, 0.15) is 12.0 Å². The van der Waals surface area contributed by atoms with E-state index >= 15 is 0 Å². The van der Waals surface area contributed by atoms with Gasteiger partial charge >= 0.3 is 12.0 Å². The summed E-state index contributed by atoms with van der Waals surface area (Å²) in [4.78, 5) is 22.5. The zero-order valence-corrected chi connectivity index (χ0v) is 11.9. The highest BCUT2D eigenvalue weighted by molar-refractivity contribution is 9.10. The molecule has 1 atom stereocenters. The zero-order chi connectivity index (χ0) is 14.4. The molecule has 1 aromatic carbocycles. The van der Waals surface area contributed by atoms with Crippen LogP contribution in [0.15, 0.2) is 22.7 Å². The third-order valence-electron chi connectivity index (χ3n) is 2.32. The average Bonchev–Trinajstić information content (AvgIpc) is 2.26. The molecular formula is C12H15BrN2O4. The van der Waals surface area contributed by atoms with Gasteiger partial charge in [0.05, 0.1) is 0 Å². The lowest BCUT2D eigenvalue weighted by atomic mass is 10.2. The van der Waals surface area contributed by atoms with E-state index in [4.69, 9.17) is 10.2 Å². The largest absolute Gasteiger partial charge is 0.480 e. The smallest absolute Gasteiger partial charge is 0.326 e. The number of carbonyl (C=O) groups excluding carboxylic acids is 1. The van der Waals surface area contributed by atoms with E-state index in [9.17, 15) is 9.59 Å². The fourth-order valence-electron chi connectivity index (χ4n) is 1.52.